The number of hydrogen-bond acceptors (Lipinski definition) is 3. The summed E-state index contributed by atoms with van der Waals surface area (Å²) in [5, 5.41) is 8.23. The third-order valence-electron chi connectivity index (χ3n) is 3.34. The van der Waals surface area contributed by atoms with E-state index in [1.165, 1.54) is 4.90 Å². The summed E-state index contributed by atoms with van der Waals surface area (Å²) in [4.78, 5) is 13.9. The van der Waals surface area contributed by atoms with E-state index in [-0.39, 0.29) is 5.78 Å². The SMILES string of the molecule is C[NH+]1C/C(=C/c2ccsc2)C(=O)/C(=C/c2ccsc2)C1. The highest BCUT2D eigenvalue weighted by atomic mass is 32.1. The summed E-state index contributed by atoms with van der Waals surface area (Å²) in [5.74, 6) is 0.202. The van der Waals surface area contributed by atoms with Gasteiger partial charge < -0.3 is 4.90 Å². The predicted molar refractivity (Wildman–Crippen MR) is 86.2 cm³/mol. The van der Waals surface area contributed by atoms with Crippen molar-refractivity contribution in [3.05, 3.63) is 55.9 Å². The molecule has 102 valence electrons. The molecule has 0 spiro atoms. The normalized spacial score (nSPS) is 23.6. The number of rotatable bonds is 2. The van der Waals surface area contributed by atoms with E-state index in [9.17, 15) is 4.79 Å². The monoisotopic (exact) mass is 302 g/mol. The lowest BCUT2D eigenvalue weighted by molar-refractivity contribution is -0.870. The molecule has 4 heteroatoms. The van der Waals surface area contributed by atoms with Crippen molar-refractivity contribution in [3.63, 3.8) is 0 Å². The summed E-state index contributed by atoms with van der Waals surface area (Å²) in [6.45, 7) is 1.60. The second kappa shape index (κ2) is 5.87. The van der Waals surface area contributed by atoms with Gasteiger partial charge in [-0.15, -0.1) is 0 Å². The van der Waals surface area contributed by atoms with Crippen molar-refractivity contribution in [2.75, 3.05) is 20.1 Å². The number of hydrogen-bond donors (Lipinski definition) is 1. The van der Waals surface area contributed by atoms with E-state index in [1.54, 1.807) is 22.7 Å². The highest BCUT2D eigenvalue weighted by molar-refractivity contribution is 7.08. The van der Waals surface area contributed by atoms with E-state index < -0.39 is 0 Å². The third kappa shape index (κ3) is 2.98. The number of ketones is 1. The zero-order chi connectivity index (χ0) is 13.9. The predicted octanol–water partition coefficient (Wildman–Crippen LogP) is 2.37. The molecule has 1 aliphatic rings. The van der Waals surface area contributed by atoms with Crippen molar-refractivity contribution in [1.29, 1.82) is 0 Å². The molecule has 3 rings (SSSR count). The van der Waals surface area contributed by atoms with Crippen molar-refractivity contribution in [2.24, 2.45) is 0 Å². The van der Waals surface area contributed by atoms with Gasteiger partial charge in [0.1, 0.15) is 13.1 Å². The molecule has 0 aromatic carbocycles. The minimum absolute atomic E-state index is 0.202. The molecule has 0 radical (unpaired) electrons. The Balaban J connectivity index is 1.92. The first-order valence-corrected chi connectivity index (χ1v) is 8.42. The Morgan fingerprint density at radius 1 is 1.00 bits per heavy atom. The molecule has 1 aliphatic heterocycles. The second-order valence-corrected chi connectivity index (χ2v) is 6.65. The van der Waals surface area contributed by atoms with Crippen LogP contribution in [0.5, 0.6) is 0 Å². The van der Waals surface area contributed by atoms with Gasteiger partial charge in [0.2, 0.25) is 0 Å². The quantitative estimate of drug-likeness (QED) is 0.845. The lowest BCUT2D eigenvalue weighted by Crippen LogP contribution is -3.10. The van der Waals surface area contributed by atoms with Gasteiger partial charge >= 0.3 is 0 Å². The molecule has 2 aromatic rings. The summed E-state index contributed by atoms with van der Waals surface area (Å²) >= 11 is 3.32. The molecule has 3 heterocycles. The molecular weight excluding hydrogens is 286 g/mol. The molecule has 1 atom stereocenters. The number of piperidine rings is 1. The highest BCUT2D eigenvalue weighted by Gasteiger charge is 2.26. The Labute approximate surface area is 126 Å². The van der Waals surface area contributed by atoms with E-state index in [0.29, 0.717) is 0 Å². The van der Waals surface area contributed by atoms with Crippen molar-refractivity contribution < 1.29 is 9.69 Å². The topological polar surface area (TPSA) is 21.5 Å². The summed E-state index contributed by atoms with van der Waals surface area (Å²) < 4.78 is 0. The Kier molecular flexibility index (Phi) is 3.96. The first-order chi connectivity index (χ1) is 9.72. The Hall–Kier alpha value is -1.49. The van der Waals surface area contributed by atoms with Crippen LogP contribution in [0.15, 0.2) is 44.8 Å². The standard InChI is InChI=1S/C16H15NOS2/c1-17-8-14(6-12-2-4-19-10-12)16(18)15(9-17)7-13-3-5-20-11-13/h2-7,10-11H,8-9H2,1H3/p+1/b14-6-,15-7+. The van der Waals surface area contributed by atoms with Crippen molar-refractivity contribution in [2.45, 2.75) is 0 Å². The molecule has 0 aliphatic carbocycles. The van der Waals surface area contributed by atoms with Crippen molar-refractivity contribution >= 4 is 40.6 Å². The first-order valence-electron chi connectivity index (χ1n) is 6.54. The van der Waals surface area contributed by atoms with Gasteiger partial charge in [-0.3, -0.25) is 4.79 Å². The van der Waals surface area contributed by atoms with Crippen LogP contribution in [0, 0.1) is 0 Å². The van der Waals surface area contributed by atoms with Crippen LogP contribution in [0.3, 0.4) is 0 Å². The Morgan fingerprint density at radius 2 is 1.50 bits per heavy atom. The molecule has 1 fully saturated rings. The van der Waals surface area contributed by atoms with Gasteiger partial charge in [0.15, 0.2) is 5.78 Å². The lowest BCUT2D eigenvalue weighted by atomic mass is 9.95. The fourth-order valence-corrected chi connectivity index (χ4v) is 3.67. The fourth-order valence-electron chi connectivity index (χ4n) is 2.43. The Morgan fingerprint density at radius 3 is 1.90 bits per heavy atom. The number of thiophene rings is 2. The van der Waals surface area contributed by atoms with E-state index >= 15 is 0 Å². The number of likely N-dealkylation sites (tertiary alicyclic amines) is 1. The molecule has 1 N–H and O–H groups in total. The largest absolute Gasteiger partial charge is 0.330 e. The van der Waals surface area contributed by atoms with Gasteiger partial charge in [-0.1, -0.05) is 0 Å². The van der Waals surface area contributed by atoms with Gasteiger partial charge in [0.25, 0.3) is 0 Å². The molecular formula is C16H16NOS2+. The zero-order valence-corrected chi connectivity index (χ0v) is 12.9. The van der Waals surface area contributed by atoms with Crippen LogP contribution in [0.1, 0.15) is 11.1 Å². The third-order valence-corrected chi connectivity index (χ3v) is 4.74. The smallest absolute Gasteiger partial charge is 0.196 e. The van der Waals surface area contributed by atoms with Crippen LogP contribution in [0.25, 0.3) is 12.2 Å². The Bertz CT molecular complexity index is 594. The molecule has 1 unspecified atom stereocenters. The minimum atomic E-state index is 0.202. The van der Waals surface area contributed by atoms with Gasteiger partial charge in [0, 0.05) is 0 Å². The maximum Gasteiger partial charge on any atom is 0.196 e. The second-order valence-electron chi connectivity index (χ2n) is 5.09. The van der Waals surface area contributed by atoms with Gasteiger partial charge in [-0.05, 0) is 56.9 Å². The average Bonchev–Trinajstić information content (AvgIpc) is 3.08. The maximum absolute atomic E-state index is 12.6. The van der Waals surface area contributed by atoms with Gasteiger partial charge in [-0.2, -0.15) is 22.7 Å². The summed E-state index contributed by atoms with van der Waals surface area (Å²) in [5.41, 5.74) is 4.08. The van der Waals surface area contributed by atoms with Gasteiger partial charge in [0.05, 0.1) is 18.2 Å². The van der Waals surface area contributed by atoms with E-state index in [0.717, 1.165) is 35.4 Å². The average molecular weight is 302 g/mol. The number of carbonyl (C=O) groups is 1. The fraction of sp³-hybridized carbons (Fsp3) is 0.188. The van der Waals surface area contributed by atoms with E-state index in [2.05, 4.69) is 29.9 Å². The molecule has 20 heavy (non-hydrogen) atoms. The zero-order valence-electron chi connectivity index (χ0n) is 11.3. The van der Waals surface area contributed by atoms with Gasteiger partial charge in [-0.25, -0.2) is 0 Å². The number of nitrogens with one attached hydrogen (secondary N) is 1. The number of quaternary nitrogens is 1. The molecule has 2 aromatic heterocycles. The number of Topliss-reactive ketones (excluding diaryl/α,β-unsaturated/α-hetero) is 1. The first kappa shape index (κ1) is 13.5. The molecule has 0 amide bonds. The molecule has 2 nitrogen and oxygen atoms in total. The highest BCUT2D eigenvalue weighted by Crippen LogP contribution is 2.18. The van der Waals surface area contributed by atoms with Crippen LogP contribution < -0.4 is 4.90 Å². The van der Waals surface area contributed by atoms with Crippen LogP contribution in [0.2, 0.25) is 0 Å². The summed E-state index contributed by atoms with van der Waals surface area (Å²) in [7, 11) is 2.13. The van der Waals surface area contributed by atoms with Crippen LogP contribution in [-0.4, -0.2) is 25.9 Å². The molecule has 0 bridgehead atoms. The minimum Gasteiger partial charge on any atom is -0.330 e. The lowest BCUT2D eigenvalue weighted by Gasteiger charge is -2.23. The maximum atomic E-state index is 12.6. The number of carbonyl (C=O) groups excluding carboxylic acids is 1. The molecule has 1 saturated heterocycles. The molecule has 0 saturated carbocycles. The van der Waals surface area contributed by atoms with E-state index in [1.807, 2.05) is 22.9 Å². The van der Waals surface area contributed by atoms with Crippen LogP contribution in [-0.2, 0) is 4.79 Å². The van der Waals surface area contributed by atoms with Crippen molar-refractivity contribution in [3.8, 4) is 0 Å². The van der Waals surface area contributed by atoms with Crippen molar-refractivity contribution in [1.82, 2.24) is 0 Å². The van der Waals surface area contributed by atoms with Crippen LogP contribution >= 0.6 is 22.7 Å². The number of likely N-dealkylation sites (N-methyl/N-ethyl adjacent to an activating group) is 1. The summed E-state index contributed by atoms with van der Waals surface area (Å²) in [6.07, 6.45) is 4.06. The van der Waals surface area contributed by atoms with Crippen LogP contribution in [0.4, 0.5) is 0 Å². The van der Waals surface area contributed by atoms with E-state index in [4.69, 9.17) is 0 Å². The summed E-state index contributed by atoms with van der Waals surface area (Å²) in [6, 6.07) is 4.11.